The zero-order chi connectivity index (χ0) is 15.3. The van der Waals surface area contributed by atoms with Crippen LogP contribution in [0.2, 0.25) is 0 Å². The van der Waals surface area contributed by atoms with E-state index in [1.165, 1.54) is 0 Å². The molecule has 1 unspecified atom stereocenters. The van der Waals surface area contributed by atoms with Crippen molar-refractivity contribution in [2.45, 2.75) is 38.1 Å². The van der Waals surface area contributed by atoms with Gasteiger partial charge in [0.1, 0.15) is 0 Å². The molecular weight excluding hydrogens is 266 g/mol. The number of carbonyl (C=O) groups excluding carboxylic acids is 1. The Kier molecular flexibility index (Phi) is 5.37. The van der Waals surface area contributed by atoms with Crippen molar-refractivity contribution in [2.24, 2.45) is 5.92 Å². The minimum absolute atomic E-state index is 0.00440. The summed E-state index contributed by atoms with van der Waals surface area (Å²) in [6.07, 6.45) is 1.36. The van der Waals surface area contributed by atoms with Crippen molar-refractivity contribution in [3.63, 3.8) is 0 Å². The molecule has 0 radical (unpaired) electrons. The minimum Gasteiger partial charge on any atom is -0.394 e. The van der Waals surface area contributed by atoms with Gasteiger partial charge in [-0.3, -0.25) is 4.79 Å². The van der Waals surface area contributed by atoms with Gasteiger partial charge in [0, 0.05) is 13.2 Å². The highest BCUT2D eigenvalue weighted by molar-refractivity contribution is 5.88. The number of rotatable bonds is 5. The van der Waals surface area contributed by atoms with Crippen molar-refractivity contribution in [1.29, 1.82) is 0 Å². The molecule has 1 saturated heterocycles. The average molecular weight is 291 g/mol. The second kappa shape index (κ2) is 7.05. The lowest BCUT2D eigenvalue weighted by atomic mass is 9.73. The first-order chi connectivity index (χ1) is 10.1. The fourth-order valence-electron chi connectivity index (χ4n) is 2.85. The van der Waals surface area contributed by atoms with Crippen molar-refractivity contribution < 1.29 is 14.6 Å². The topological polar surface area (TPSA) is 58.6 Å². The zero-order valence-corrected chi connectivity index (χ0v) is 12.8. The van der Waals surface area contributed by atoms with Crippen molar-refractivity contribution in [3.8, 4) is 0 Å². The van der Waals surface area contributed by atoms with Gasteiger partial charge in [0.15, 0.2) is 0 Å². The van der Waals surface area contributed by atoms with Crippen LogP contribution in [0.1, 0.15) is 32.3 Å². The molecule has 1 aromatic rings. The molecule has 4 nitrogen and oxygen atoms in total. The van der Waals surface area contributed by atoms with E-state index in [1.807, 2.05) is 44.2 Å². The van der Waals surface area contributed by atoms with Gasteiger partial charge in [-0.1, -0.05) is 44.2 Å². The van der Waals surface area contributed by atoms with Gasteiger partial charge in [-0.2, -0.15) is 0 Å². The summed E-state index contributed by atoms with van der Waals surface area (Å²) in [6.45, 7) is 5.15. The first-order valence-electron chi connectivity index (χ1n) is 7.65. The zero-order valence-electron chi connectivity index (χ0n) is 12.8. The van der Waals surface area contributed by atoms with E-state index in [0.717, 1.165) is 5.56 Å². The standard InChI is InChI=1S/C17H25NO3/c1-13(2)15(12-19)18-16(20)17(8-10-21-11-9-17)14-6-4-3-5-7-14/h3-7,13,15,19H,8-12H2,1-2H3,(H,18,20). The number of carbonyl (C=O) groups is 1. The molecule has 1 heterocycles. The fourth-order valence-corrected chi connectivity index (χ4v) is 2.85. The number of aliphatic hydroxyl groups excluding tert-OH is 1. The Morgan fingerprint density at radius 2 is 1.90 bits per heavy atom. The van der Waals surface area contributed by atoms with Crippen LogP contribution < -0.4 is 5.32 Å². The van der Waals surface area contributed by atoms with Gasteiger partial charge in [-0.15, -0.1) is 0 Å². The minimum atomic E-state index is -0.540. The molecule has 2 rings (SSSR count). The van der Waals surface area contributed by atoms with Crippen LogP contribution >= 0.6 is 0 Å². The number of hydrogen-bond acceptors (Lipinski definition) is 3. The van der Waals surface area contributed by atoms with Crippen molar-refractivity contribution in [2.75, 3.05) is 19.8 Å². The highest BCUT2D eigenvalue weighted by atomic mass is 16.5. The van der Waals surface area contributed by atoms with E-state index in [0.29, 0.717) is 26.1 Å². The summed E-state index contributed by atoms with van der Waals surface area (Å²) < 4.78 is 5.45. The molecule has 0 aliphatic carbocycles. The van der Waals surface area contributed by atoms with Gasteiger partial charge >= 0.3 is 0 Å². The third kappa shape index (κ3) is 3.44. The molecule has 0 spiro atoms. The van der Waals surface area contributed by atoms with Crippen LogP contribution in [0.15, 0.2) is 30.3 Å². The summed E-state index contributed by atoms with van der Waals surface area (Å²) in [4.78, 5) is 12.9. The van der Waals surface area contributed by atoms with Crippen LogP contribution in [0.3, 0.4) is 0 Å². The summed E-state index contributed by atoms with van der Waals surface area (Å²) in [5, 5.41) is 12.5. The van der Waals surface area contributed by atoms with E-state index in [-0.39, 0.29) is 24.5 Å². The molecule has 1 aliphatic heterocycles. The van der Waals surface area contributed by atoms with E-state index >= 15 is 0 Å². The normalized spacial score (nSPS) is 19.2. The van der Waals surface area contributed by atoms with Crippen molar-refractivity contribution >= 4 is 5.91 Å². The van der Waals surface area contributed by atoms with E-state index in [4.69, 9.17) is 4.74 Å². The van der Waals surface area contributed by atoms with E-state index in [2.05, 4.69) is 5.32 Å². The van der Waals surface area contributed by atoms with Gasteiger partial charge in [-0.25, -0.2) is 0 Å². The maximum Gasteiger partial charge on any atom is 0.231 e. The van der Waals surface area contributed by atoms with E-state index < -0.39 is 5.41 Å². The average Bonchev–Trinajstić information content (AvgIpc) is 2.53. The third-order valence-electron chi connectivity index (χ3n) is 4.43. The molecule has 116 valence electrons. The van der Waals surface area contributed by atoms with Crippen LogP contribution in [0.25, 0.3) is 0 Å². The quantitative estimate of drug-likeness (QED) is 0.870. The number of benzene rings is 1. The first-order valence-corrected chi connectivity index (χ1v) is 7.65. The molecule has 1 aliphatic rings. The number of nitrogens with one attached hydrogen (secondary N) is 1. The third-order valence-corrected chi connectivity index (χ3v) is 4.43. The molecular formula is C17H25NO3. The van der Waals surface area contributed by atoms with Crippen LogP contribution in [-0.4, -0.2) is 36.9 Å². The van der Waals surface area contributed by atoms with Crippen molar-refractivity contribution in [3.05, 3.63) is 35.9 Å². The Hall–Kier alpha value is -1.39. The van der Waals surface area contributed by atoms with Crippen LogP contribution in [0.4, 0.5) is 0 Å². The van der Waals surface area contributed by atoms with Gasteiger partial charge in [0.2, 0.25) is 5.91 Å². The van der Waals surface area contributed by atoms with Crippen LogP contribution in [-0.2, 0) is 14.9 Å². The second-order valence-corrected chi connectivity index (χ2v) is 6.07. The van der Waals surface area contributed by atoms with Gasteiger partial charge < -0.3 is 15.2 Å². The summed E-state index contributed by atoms with van der Waals surface area (Å²) in [7, 11) is 0. The largest absolute Gasteiger partial charge is 0.394 e. The summed E-state index contributed by atoms with van der Waals surface area (Å²) >= 11 is 0. The molecule has 1 fully saturated rings. The number of amides is 1. The van der Waals surface area contributed by atoms with E-state index in [1.54, 1.807) is 0 Å². The molecule has 0 aromatic heterocycles. The SMILES string of the molecule is CC(C)C(CO)NC(=O)C1(c2ccccc2)CCOCC1. The number of aliphatic hydroxyl groups is 1. The summed E-state index contributed by atoms with van der Waals surface area (Å²) in [5.41, 5.74) is 0.494. The Morgan fingerprint density at radius 3 is 2.43 bits per heavy atom. The molecule has 2 N–H and O–H groups in total. The van der Waals surface area contributed by atoms with Crippen LogP contribution in [0, 0.1) is 5.92 Å². The maximum absolute atomic E-state index is 12.9. The Labute approximate surface area is 126 Å². The molecule has 4 heteroatoms. The Bertz CT molecular complexity index is 452. The highest BCUT2D eigenvalue weighted by Gasteiger charge is 2.42. The van der Waals surface area contributed by atoms with Crippen molar-refractivity contribution in [1.82, 2.24) is 5.32 Å². The second-order valence-electron chi connectivity index (χ2n) is 6.07. The maximum atomic E-state index is 12.9. The van der Waals surface area contributed by atoms with E-state index in [9.17, 15) is 9.90 Å². The predicted molar refractivity (Wildman–Crippen MR) is 82.0 cm³/mol. The lowest BCUT2D eigenvalue weighted by Gasteiger charge is -2.37. The fraction of sp³-hybridized carbons (Fsp3) is 0.588. The van der Waals surface area contributed by atoms with Crippen LogP contribution in [0.5, 0.6) is 0 Å². The smallest absolute Gasteiger partial charge is 0.231 e. The number of ether oxygens (including phenoxy) is 1. The highest BCUT2D eigenvalue weighted by Crippen LogP contribution is 2.35. The molecule has 1 atom stereocenters. The molecule has 1 amide bonds. The first kappa shape index (κ1) is 16.0. The molecule has 1 aromatic carbocycles. The Balaban J connectivity index is 2.26. The summed E-state index contributed by atoms with van der Waals surface area (Å²) in [5.74, 6) is 0.205. The predicted octanol–water partition coefficient (Wildman–Crippen LogP) is 1.87. The molecule has 21 heavy (non-hydrogen) atoms. The van der Waals surface area contributed by atoms with Gasteiger partial charge in [0.05, 0.1) is 18.1 Å². The lowest BCUT2D eigenvalue weighted by Crippen LogP contribution is -2.53. The summed E-state index contributed by atoms with van der Waals surface area (Å²) in [6, 6.07) is 9.69. The molecule has 0 bridgehead atoms. The monoisotopic (exact) mass is 291 g/mol. The van der Waals surface area contributed by atoms with Gasteiger partial charge in [-0.05, 0) is 24.3 Å². The van der Waals surface area contributed by atoms with Gasteiger partial charge in [0.25, 0.3) is 0 Å². The lowest BCUT2D eigenvalue weighted by molar-refractivity contribution is -0.132. The Morgan fingerprint density at radius 1 is 1.29 bits per heavy atom. The number of hydrogen-bond donors (Lipinski definition) is 2. The molecule has 0 saturated carbocycles.